The van der Waals surface area contributed by atoms with E-state index in [1.807, 2.05) is 36.6 Å². The molecule has 0 spiro atoms. The summed E-state index contributed by atoms with van der Waals surface area (Å²) in [5.74, 6) is -1.75. The van der Waals surface area contributed by atoms with Gasteiger partial charge in [-0.05, 0) is 48.2 Å². The zero-order valence-corrected chi connectivity index (χ0v) is 24.8. The Morgan fingerprint density at radius 1 is 0.614 bits per heavy atom. The standard InChI is InChI=1S/C35H32O8S/c1-44-35-31(43-34(38)27-20-12-5-13-21-27)30(39-22-24-14-6-2-7-15-24)29(42-33(37)26-18-10-4-11-19-26)28(41-35)23-40-32(36)25-16-8-3-9-17-25/h2-21,28-31,35H,22-23H2,1H3/t28-,29+,30+,31-,35+/m1/s1. The van der Waals surface area contributed by atoms with Crippen LogP contribution < -0.4 is 0 Å². The van der Waals surface area contributed by atoms with Crippen LogP contribution in [0.4, 0.5) is 0 Å². The molecule has 0 aliphatic carbocycles. The minimum atomic E-state index is -1.10. The van der Waals surface area contributed by atoms with Crippen LogP contribution in [0.15, 0.2) is 121 Å². The molecule has 0 saturated carbocycles. The summed E-state index contributed by atoms with van der Waals surface area (Å²) in [5, 5.41) is 0. The van der Waals surface area contributed by atoms with Gasteiger partial charge >= 0.3 is 17.9 Å². The summed E-state index contributed by atoms with van der Waals surface area (Å²) in [6.45, 7) is -0.0933. The molecule has 9 heteroatoms. The van der Waals surface area contributed by atoms with Crippen LogP contribution in [-0.4, -0.2) is 60.6 Å². The highest BCUT2D eigenvalue weighted by molar-refractivity contribution is 7.99. The molecule has 1 saturated heterocycles. The molecular formula is C35H32O8S. The van der Waals surface area contributed by atoms with Gasteiger partial charge in [0, 0.05) is 0 Å². The molecule has 1 fully saturated rings. The van der Waals surface area contributed by atoms with Crippen LogP contribution >= 0.6 is 11.8 Å². The Labute approximate surface area is 260 Å². The normalized spacial score (nSPS) is 21.2. The number of carbonyl (C=O) groups is 3. The lowest BCUT2D eigenvalue weighted by Crippen LogP contribution is -2.61. The molecule has 0 aromatic heterocycles. The molecule has 0 radical (unpaired) electrons. The maximum absolute atomic E-state index is 13.4. The monoisotopic (exact) mass is 612 g/mol. The first-order chi connectivity index (χ1) is 21.5. The van der Waals surface area contributed by atoms with E-state index in [0.717, 1.165) is 5.56 Å². The Balaban J connectivity index is 1.47. The van der Waals surface area contributed by atoms with Gasteiger partial charge in [-0.15, -0.1) is 11.8 Å². The van der Waals surface area contributed by atoms with Gasteiger partial charge in [-0.3, -0.25) is 0 Å². The van der Waals surface area contributed by atoms with Crippen LogP contribution in [0.25, 0.3) is 0 Å². The molecule has 44 heavy (non-hydrogen) atoms. The zero-order valence-electron chi connectivity index (χ0n) is 24.0. The van der Waals surface area contributed by atoms with Crippen LogP contribution in [-0.2, 0) is 30.3 Å². The van der Waals surface area contributed by atoms with E-state index in [9.17, 15) is 14.4 Å². The smallest absolute Gasteiger partial charge is 0.338 e. The van der Waals surface area contributed by atoms with Crippen LogP contribution in [0.5, 0.6) is 0 Å². The third kappa shape index (κ3) is 7.93. The fraction of sp³-hybridized carbons (Fsp3) is 0.229. The van der Waals surface area contributed by atoms with E-state index >= 15 is 0 Å². The molecule has 226 valence electrons. The molecule has 1 heterocycles. The quantitative estimate of drug-likeness (QED) is 0.150. The molecule has 0 bridgehead atoms. The summed E-state index contributed by atoms with van der Waals surface area (Å²) in [7, 11) is 0. The number of hydrogen-bond acceptors (Lipinski definition) is 9. The van der Waals surface area contributed by atoms with Gasteiger partial charge in [0.25, 0.3) is 0 Å². The molecule has 4 aromatic rings. The van der Waals surface area contributed by atoms with Crippen molar-refractivity contribution in [3.63, 3.8) is 0 Å². The molecule has 4 aromatic carbocycles. The largest absolute Gasteiger partial charge is 0.459 e. The van der Waals surface area contributed by atoms with Crippen molar-refractivity contribution in [1.82, 2.24) is 0 Å². The molecular weight excluding hydrogens is 580 g/mol. The second kappa shape index (κ2) is 15.3. The van der Waals surface area contributed by atoms with E-state index in [1.54, 1.807) is 91.0 Å². The van der Waals surface area contributed by atoms with E-state index in [0.29, 0.717) is 16.7 Å². The van der Waals surface area contributed by atoms with E-state index in [-0.39, 0.29) is 13.2 Å². The third-order valence-corrected chi connectivity index (χ3v) is 7.85. The minimum absolute atomic E-state index is 0.141. The van der Waals surface area contributed by atoms with Crippen molar-refractivity contribution >= 4 is 29.7 Å². The van der Waals surface area contributed by atoms with Crippen LogP contribution in [0.1, 0.15) is 36.6 Å². The number of benzene rings is 4. The summed E-state index contributed by atoms with van der Waals surface area (Å²) in [4.78, 5) is 39.5. The average molecular weight is 613 g/mol. The Hall–Kier alpha value is -4.44. The van der Waals surface area contributed by atoms with Gasteiger partial charge in [-0.1, -0.05) is 84.9 Å². The molecule has 8 nitrogen and oxygen atoms in total. The predicted molar refractivity (Wildman–Crippen MR) is 165 cm³/mol. The van der Waals surface area contributed by atoms with Crippen molar-refractivity contribution < 1.29 is 38.1 Å². The SMILES string of the molecule is CS[C@@H]1O[C@H](COC(=O)c2ccccc2)[C@H](OC(=O)c2ccccc2)[C@H](OCc2ccccc2)[C@H]1OC(=O)c1ccccc1. The van der Waals surface area contributed by atoms with Gasteiger partial charge in [-0.25, -0.2) is 14.4 Å². The van der Waals surface area contributed by atoms with Crippen LogP contribution in [0, 0.1) is 0 Å². The Kier molecular flexibility index (Phi) is 10.8. The molecule has 5 atom stereocenters. The van der Waals surface area contributed by atoms with Crippen molar-refractivity contribution in [2.75, 3.05) is 12.9 Å². The van der Waals surface area contributed by atoms with Gasteiger partial charge in [-0.2, -0.15) is 0 Å². The van der Waals surface area contributed by atoms with Crippen molar-refractivity contribution in [2.24, 2.45) is 0 Å². The lowest BCUT2D eigenvalue weighted by Gasteiger charge is -2.44. The van der Waals surface area contributed by atoms with Gasteiger partial charge in [0.1, 0.15) is 24.3 Å². The lowest BCUT2D eigenvalue weighted by atomic mass is 9.98. The maximum Gasteiger partial charge on any atom is 0.338 e. The summed E-state index contributed by atoms with van der Waals surface area (Å²) >= 11 is 1.31. The van der Waals surface area contributed by atoms with E-state index in [2.05, 4.69) is 0 Å². The van der Waals surface area contributed by atoms with Gasteiger partial charge in [0.2, 0.25) is 0 Å². The summed E-state index contributed by atoms with van der Waals surface area (Å²) in [6.07, 6.45) is -2.17. The Bertz CT molecular complexity index is 1500. The fourth-order valence-electron chi connectivity index (χ4n) is 4.77. The first kappa shape index (κ1) is 31.0. The summed E-state index contributed by atoms with van der Waals surface area (Å²) < 4.78 is 30.5. The number of hydrogen-bond donors (Lipinski definition) is 0. The van der Waals surface area contributed by atoms with Crippen LogP contribution in [0.2, 0.25) is 0 Å². The predicted octanol–water partition coefficient (Wildman–Crippen LogP) is 5.97. The van der Waals surface area contributed by atoms with E-state index in [1.165, 1.54) is 11.8 Å². The molecule has 5 rings (SSSR count). The fourth-order valence-corrected chi connectivity index (χ4v) is 5.51. The molecule has 0 N–H and O–H groups in total. The topological polar surface area (TPSA) is 97.4 Å². The first-order valence-electron chi connectivity index (χ1n) is 14.1. The van der Waals surface area contributed by atoms with Gasteiger partial charge in [0.05, 0.1) is 23.3 Å². The second-order valence-corrected chi connectivity index (χ2v) is 10.9. The number of esters is 3. The van der Waals surface area contributed by atoms with Gasteiger partial charge in [0.15, 0.2) is 12.2 Å². The number of rotatable bonds is 11. The van der Waals surface area contributed by atoms with Crippen molar-refractivity contribution in [1.29, 1.82) is 0 Å². The highest BCUT2D eigenvalue weighted by atomic mass is 32.2. The van der Waals surface area contributed by atoms with E-state index < -0.39 is 47.8 Å². The number of carbonyl (C=O) groups excluding carboxylic acids is 3. The lowest BCUT2D eigenvalue weighted by molar-refractivity contribution is -0.223. The van der Waals surface area contributed by atoms with Gasteiger partial charge < -0.3 is 23.7 Å². The minimum Gasteiger partial charge on any atom is -0.459 e. The van der Waals surface area contributed by atoms with E-state index in [4.69, 9.17) is 23.7 Å². The Morgan fingerprint density at radius 2 is 1.07 bits per heavy atom. The van der Waals surface area contributed by atoms with Crippen LogP contribution in [0.3, 0.4) is 0 Å². The highest BCUT2D eigenvalue weighted by Crippen LogP contribution is 2.34. The maximum atomic E-state index is 13.4. The summed E-state index contributed by atoms with van der Waals surface area (Å²) in [6, 6.07) is 35.1. The molecule has 0 unspecified atom stereocenters. The highest BCUT2D eigenvalue weighted by Gasteiger charge is 2.51. The average Bonchev–Trinajstić information content (AvgIpc) is 3.08. The number of thioether (sulfide) groups is 1. The summed E-state index contributed by atoms with van der Waals surface area (Å²) in [5.41, 5.74) is 1.18. The number of ether oxygens (including phenoxy) is 5. The molecule has 0 amide bonds. The van der Waals surface area contributed by atoms with Crippen molar-refractivity contribution in [2.45, 2.75) is 36.5 Å². The van der Waals surface area contributed by atoms with Crippen molar-refractivity contribution in [3.8, 4) is 0 Å². The molecule has 1 aliphatic heterocycles. The molecule has 1 aliphatic rings. The zero-order chi connectivity index (χ0) is 30.7. The van der Waals surface area contributed by atoms with Crippen molar-refractivity contribution in [3.05, 3.63) is 144 Å². The first-order valence-corrected chi connectivity index (χ1v) is 15.4. The second-order valence-electron chi connectivity index (χ2n) is 9.98. The Morgan fingerprint density at radius 3 is 1.57 bits per heavy atom. The third-order valence-electron chi connectivity index (χ3n) is 7.00.